The van der Waals surface area contributed by atoms with E-state index in [0.29, 0.717) is 0 Å². The van der Waals surface area contributed by atoms with E-state index >= 15 is 0 Å². The summed E-state index contributed by atoms with van der Waals surface area (Å²) in [5, 5.41) is 6.81. The lowest BCUT2D eigenvalue weighted by Gasteiger charge is -2.28. The SMILES string of the molecule is c1ccc(N(c2ccccc2-c2cccc3c2oc2ccccc23)c2ccc(-c3cccc(-n4c5ccccc5c5ccccc54)c3)c3oc4ccccc4c23)cc1. The Balaban J connectivity index is 1.10. The summed E-state index contributed by atoms with van der Waals surface area (Å²) in [7, 11) is 0. The molecule has 3 aromatic heterocycles. The Bertz CT molecular complexity index is 3480. The molecule has 0 saturated heterocycles. The summed E-state index contributed by atoms with van der Waals surface area (Å²) in [5.41, 5.74) is 14.2. The molecule has 12 rings (SSSR count). The molecule has 0 N–H and O–H groups in total. The van der Waals surface area contributed by atoms with E-state index in [1.54, 1.807) is 0 Å². The fraction of sp³-hybridized carbons (Fsp3) is 0. The van der Waals surface area contributed by atoms with Crippen molar-refractivity contribution in [1.29, 1.82) is 0 Å². The molecule has 0 atom stereocenters. The molecule has 0 saturated carbocycles. The van der Waals surface area contributed by atoms with Crippen molar-refractivity contribution >= 4 is 82.7 Å². The summed E-state index contributed by atoms with van der Waals surface area (Å²) < 4.78 is 15.9. The van der Waals surface area contributed by atoms with Crippen molar-refractivity contribution in [2.75, 3.05) is 4.90 Å². The van der Waals surface area contributed by atoms with Crippen molar-refractivity contribution < 1.29 is 8.83 Å². The molecule has 0 fully saturated rings. The van der Waals surface area contributed by atoms with Crippen molar-refractivity contribution in [3.8, 4) is 27.9 Å². The Kier molecular flexibility index (Phi) is 7.20. The van der Waals surface area contributed by atoms with Gasteiger partial charge in [-0.2, -0.15) is 0 Å². The van der Waals surface area contributed by atoms with Crippen LogP contribution in [0, 0.1) is 0 Å². The minimum absolute atomic E-state index is 0.843. The third-order valence-electron chi connectivity index (χ3n) is 11.6. The van der Waals surface area contributed by atoms with Crippen molar-refractivity contribution in [3.63, 3.8) is 0 Å². The highest BCUT2D eigenvalue weighted by molar-refractivity contribution is 6.18. The van der Waals surface area contributed by atoms with Gasteiger partial charge in [0, 0.05) is 55.0 Å². The molecule has 0 amide bonds. The van der Waals surface area contributed by atoms with Gasteiger partial charge in [0.05, 0.1) is 27.8 Å². The van der Waals surface area contributed by atoms with E-state index in [9.17, 15) is 0 Å². The van der Waals surface area contributed by atoms with Crippen molar-refractivity contribution in [2.45, 2.75) is 0 Å². The summed E-state index contributed by atoms with van der Waals surface area (Å²) in [6, 6.07) is 73.0. The lowest BCUT2D eigenvalue weighted by molar-refractivity contribution is 0.669. The monoisotopic (exact) mass is 742 g/mol. The zero-order valence-electron chi connectivity index (χ0n) is 31.3. The Morgan fingerprint density at radius 3 is 1.74 bits per heavy atom. The number of para-hydroxylation sites is 7. The van der Waals surface area contributed by atoms with Crippen LogP contribution in [0.2, 0.25) is 0 Å². The first kappa shape index (κ1) is 32.4. The quantitative estimate of drug-likeness (QED) is 0.170. The maximum absolute atomic E-state index is 6.93. The van der Waals surface area contributed by atoms with Gasteiger partial charge in [0.25, 0.3) is 0 Å². The zero-order chi connectivity index (χ0) is 38.2. The van der Waals surface area contributed by atoms with E-state index < -0.39 is 0 Å². The molecule has 58 heavy (non-hydrogen) atoms. The van der Waals surface area contributed by atoms with E-state index in [1.807, 2.05) is 18.2 Å². The highest BCUT2D eigenvalue weighted by atomic mass is 16.3. The normalized spacial score (nSPS) is 11.8. The molecule has 0 spiro atoms. The molecule has 4 heteroatoms. The van der Waals surface area contributed by atoms with Gasteiger partial charge in [-0.25, -0.2) is 0 Å². The predicted molar refractivity (Wildman–Crippen MR) is 241 cm³/mol. The van der Waals surface area contributed by atoms with Gasteiger partial charge in [0.1, 0.15) is 22.3 Å². The van der Waals surface area contributed by atoms with Crippen LogP contribution in [0.3, 0.4) is 0 Å². The van der Waals surface area contributed by atoms with E-state index in [2.05, 4.69) is 198 Å². The molecule has 12 aromatic rings. The molecule has 0 aliphatic carbocycles. The fourth-order valence-corrected chi connectivity index (χ4v) is 9.08. The topological polar surface area (TPSA) is 34.5 Å². The molecule has 3 heterocycles. The second kappa shape index (κ2) is 12.9. The van der Waals surface area contributed by atoms with Gasteiger partial charge in [-0.05, 0) is 72.3 Å². The molecule has 0 bridgehead atoms. The van der Waals surface area contributed by atoms with Gasteiger partial charge in [0.15, 0.2) is 0 Å². The van der Waals surface area contributed by atoms with E-state index in [-0.39, 0.29) is 0 Å². The smallest absolute Gasteiger partial charge is 0.145 e. The van der Waals surface area contributed by atoms with Gasteiger partial charge < -0.3 is 18.3 Å². The van der Waals surface area contributed by atoms with Crippen LogP contribution in [0.25, 0.3) is 93.6 Å². The van der Waals surface area contributed by atoms with Crippen LogP contribution in [0.4, 0.5) is 17.1 Å². The molecule has 0 radical (unpaired) electrons. The highest BCUT2D eigenvalue weighted by Gasteiger charge is 2.25. The average molecular weight is 743 g/mol. The summed E-state index contributed by atoms with van der Waals surface area (Å²) in [6.07, 6.45) is 0. The number of fused-ring (bicyclic) bond motifs is 9. The third kappa shape index (κ3) is 4.88. The molecule has 4 nitrogen and oxygen atoms in total. The van der Waals surface area contributed by atoms with Gasteiger partial charge in [-0.3, -0.25) is 0 Å². The number of hydrogen-bond donors (Lipinski definition) is 0. The molecule has 272 valence electrons. The molecule has 0 aliphatic heterocycles. The van der Waals surface area contributed by atoms with Crippen molar-refractivity contribution in [1.82, 2.24) is 4.57 Å². The number of rotatable bonds is 6. The second-order valence-corrected chi connectivity index (χ2v) is 14.8. The van der Waals surface area contributed by atoms with Crippen LogP contribution in [-0.4, -0.2) is 4.57 Å². The van der Waals surface area contributed by atoms with E-state index in [1.165, 1.54) is 21.8 Å². The number of aromatic nitrogens is 1. The summed E-state index contributed by atoms with van der Waals surface area (Å²) >= 11 is 0. The largest absolute Gasteiger partial charge is 0.455 e. The van der Waals surface area contributed by atoms with E-state index in [4.69, 9.17) is 8.83 Å². The Morgan fingerprint density at radius 2 is 0.948 bits per heavy atom. The first-order valence-electron chi connectivity index (χ1n) is 19.7. The number of furan rings is 2. The minimum Gasteiger partial charge on any atom is -0.455 e. The van der Waals surface area contributed by atoms with Crippen molar-refractivity contribution in [2.24, 2.45) is 0 Å². The van der Waals surface area contributed by atoms with Gasteiger partial charge in [0.2, 0.25) is 0 Å². The van der Waals surface area contributed by atoms with Crippen LogP contribution in [0.1, 0.15) is 0 Å². The highest BCUT2D eigenvalue weighted by Crippen LogP contribution is 2.49. The van der Waals surface area contributed by atoms with Crippen molar-refractivity contribution in [3.05, 3.63) is 206 Å². The Labute approximate surface area is 334 Å². The van der Waals surface area contributed by atoms with Crippen LogP contribution >= 0.6 is 0 Å². The standard InChI is InChI=1S/C54H34N2O2/c1-2-17-36(18-3-1)55(48-29-11-6-22-41(48)43-25-15-26-44-42-23-7-12-30-50(42)57-53(43)44)49-33-32-38(54-52(49)45-24-8-13-31-51(45)58-54)35-16-14-19-37(34-35)56-46-27-9-4-20-39(46)40-21-5-10-28-47(40)56/h1-34H. The molecular weight excluding hydrogens is 709 g/mol. The van der Waals surface area contributed by atoms with Gasteiger partial charge in [-0.15, -0.1) is 0 Å². The predicted octanol–water partition coefficient (Wildman–Crippen LogP) is 15.4. The minimum atomic E-state index is 0.843. The lowest BCUT2D eigenvalue weighted by Crippen LogP contribution is -2.11. The van der Waals surface area contributed by atoms with Gasteiger partial charge in [-0.1, -0.05) is 140 Å². The fourth-order valence-electron chi connectivity index (χ4n) is 9.08. The Morgan fingerprint density at radius 1 is 0.362 bits per heavy atom. The average Bonchev–Trinajstić information content (AvgIpc) is 3.98. The second-order valence-electron chi connectivity index (χ2n) is 14.8. The first-order valence-corrected chi connectivity index (χ1v) is 19.7. The van der Waals surface area contributed by atoms with Crippen LogP contribution < -0.4 is 4.90 Å². The lowest BCUT2D eigenvalue weighted by atomic mass is 9.97. The Hall–Kier alpha value is -7.82. The number of benzene rings is 9. The number of nitrogens with zero attached hydrogens (tertiary/aromatic N) is 2. The number of anilines is 3. The zero-order valence-corrected chi connectivity index (χ0v) is 31.3. The summed E-state index contributed by atoms with van der Waals surface area (Å²) in [4.78, 5) is 2.37. The molecular formula is C54H34N2O2. The molecule has 0 unspecified atom stereocenters. The van der Waals surface area contributed by atoms with Crippen LogP contribution in [0.5, 0.6) is 0 Å². The maximum atomic E-state index is 6.93. The summed E-state index contributed by atoms with van der Waals surface area (Å²) in [5.74, 6) is 0. The van der Waals surface area contributed by atoms with Crippen LogP contribution in [-0.2, 0) is 0 Å². The van der Waals surface area contributed by atoms with Crippen LogP contribution in [0.15, 0.2) is 215 Å². The van der Waals surface area contributed by atoms with Gasteiger partial charge >= 0.3 is 0 Å². The number of hydrogen-bond acceptors (Lipinski definition) is 3. The maximum Gasteiger partial charge on any atom is 0.145 e. The molecule has 9 aromatic carbocycles. The van der Waals surface area contributed by atoms with E-state index in [0.717, 1.165) is 88.9 Å². The molecule has 0 aliphatic rings. The first-order chi connectivity index (χ1) is 28.8. The summed E-state index contributed by atoms with van der Waals surface area (Å²) in [6.45, 7) is 0. The third-order valence-corrected chi connectivity index (χ3v) is 11.6.